The molecular formula is C92H133N19O19. The molecule has 710 valence electrons. The number of hydrogen-bond donors (Lipinski definition) is 15. The highest BCUT2D eigenvalue weighted by Crippen LogP contribution is 2.30. The second-order valence-electron chi connectivity index (χ2n) is 35.4. The molecule has 0 radical (unpaired) electrons. The lowest BCUT2D eigenvalue weighted by Crippen LogP contribution is -2.62. The number of piperidine rings is 1. The Kier molecular flexibility index (Phi) is 38.0. The Labute approximate surface area is 757 Å². The number of aliphatic hydroxyl groups excluding tert-OH is 1. The molecule has 14 atom stereocenters. The number of H-pyrrole nitrogens is 1. The van der Waals surface area contributed by atoms with E-state index in [4.69, 9.17) is 21.9 Å². The molecule has 0 saturated carbocycles. The highest BCUT2D eigenvalue weighted by Gasteiger charge is 2.47. The number of hydrogen-bond acceptors (Lipinski definition) is 20. The molecule has 130 heavy (non-hydrogen) atoms. The van der Waals surface area contributed by atoms with Gasteiger partial charge in [-0.3, -0.25) is 76.7 Å². The standard InChI is InChI=1S/C92H133N19O19/c1-10-12-26-72-84(121)100-64(41-53(3)4)80(117)96-38-20-18-31-78(114)98-67(43-55-32-34-59(130-9)35-33-55)89(126)109-39-21-19-29-73(109)85(122)104-69(47-77(95)113)90(127)110-40-22-30-74(110)86(123)105-70(48-94)83(120)102-66(42-54(5)6)91(128)111-51-58(112)46-76(111)87(124)101-65(44-56-49-97-62-25-16-14-23-60(56)62)82(119)99-63(36-37-93)81(118)103-68(88(125)107(8)75(27-13-11-2)92(129)106(72)7)45-57-50-108(52-79(115)116)71-28-17-15-24-61(57)71/h14-17,23-25,28,32-35,49-50,53-54,58,63-70,72-76,97,112H,10-13,18-22,26-27,29-31,36-48,51-52,93-94H2,1-9H3,(H2,95,113)(H,96,117)(H,98,114)(H,99,119)(H,100,121)(H,101,124)(H,102,120)(H,103,118)(H,104,122)(H,105,123)(H,115,116)/t58-,63+,64+,65+,66+,67+,68+,69+,70+,72+,73+,74+,75+,76+/m1/s1. The van der Waals surface area contributed by atoms with E-state index in [1.54, 1.807) is 99.0 Å². The van der Waals surface area contributed by atoms with Crippen LogP contribution < -0.4 is 69.8 Å². The van der Waals surface area contributed by atoms with E-state index < -0.39 is 205 Å². The van der Waals surface area contributed by atoms with Crippen LogP contribution in [0.1, 0.15) is 180 Å². The zero-order valence-electron chi connectivity index (χ0n) is 76.1. The summed E-state index contributed by atoms with van der Waals surface area (Å²) in [5, 5.41) is 47.9. The van der Waals surface area contributed by atoms with E-state index in [0.29, 0.717) is 82.8 Å². The Morgan fingerprint density at radius 2 is 1.05 bits per heavy atom. The number of para-hydroxylation sites is 2. The number of carbonyl (C=O) groups excluding carboxylic acids is 15. The van der Waals surface area contributed by atoms with Gasteiger partial charge in [0, 0.05) is 113 Å². The van der Waals surface area contributed by atoms with Gasteiger partial charge in [-0.1, -0.05) is 116 Å². The predicted molar refractivity (Wildman–Crippen MR) is 482 cm³/mol. The second-order valence-corrected chi connectivity index (χ2v) is 35.4. The van der Waals surface area contributed by atoms with Crippen molar-refractivity contribution in [2.75, 3.05) is 60.5 Å². The molecule has 0 unspecified atom stereocenters. The Bertz CT molecular complexity index is 4820. The molecule has 4 aliphatic heterocycles. The van der Waals surface area contributed by atoms with Gasteiger partial charge in [-0.15, -0.1) is 0 Å². The normalized spacial score (nSPS) is 25.4. The van der Waals surface area contributed by atoms with Crippen LogP contribution in [0.3, 0.4) is 0 Å². The van der Waals surface area contributed by atoms with E-state index in [0.717, 1.165) is 9.80 Å². The molecule has 0 spiro atoms. The molecule has 4 saturated heterocycles. The van der Waals surface area contributed by atoms with Crippen molar-refractivity contribution >= 4 is 116 Å². The number of aliphatic hydroxyl groups is 1. The molecule has 3 aromatic carbocycles. The molecule has 38 nitrogen and oxygen atoms in total. The number of unbranched alkanes of at least 4 members (excludes halogenated alkanes) is 2. The highest BCUT2D eigenvalue weighted by molar-refractivity contribution is 6.02. The van der Waals surface area contributed by atoms with Crippen LogP contribution in [-0.2, 0) is 103 Å². The number of amides is 15. The van der Waals surface area contributed by atoms with Crippen molar-refractivity contribution in [1.29, 1.82) is 0 Å². The van der Waals surface area contributed by atoms with Crippen molar-refractivity contribution in [2.45, 2.75) is 274 Å². The maximum absolute atomic E-state index is 15.9. The summed E-state index contributed by atoms with van der Waals surface area (Å²) >= 11 is 0. The zero-order chi connectivity index (χ0) is 94.7. The molecule has 0 aliphatic carbocycles. The Balaban J connectivity index is 1.08. The minimum Gasteiger partial charge on any atom is -0.497 e. The quantitative estimate of drug-likeness (QED) is 0.0411. The first-order valence-corrected chi connectivity index (χ1v) is 45.6. The lowest BCUT2D eigenvalue weighted by atomic mass is 9.97. The summed E-state index contributed by atoms with van der Waals surface area (Å²) in [5.74, 6) is -13.2. The van der Waals surface area contributed by atoms with Crippen molar-refractivity contribution in [1.82, 2.24) is 81.9 Å². The van der Waals surface area contributed by atoms with Gasteiger partial charge in [0.05, 0.1) is 19.6 Å². The van der Waals surface area contributed by atoms with Crippen LogP contribution in [0.2, 0.25) is 0 Å². The Hall–Kier alpha value is -12.1. The zero-order valence-corrected chi connectivity index (χ0v) is 76.1. The monoisotopic (exact) mass is 1810 g/mol. The number of aliphatic carboxylic acids is 1. The number of likely N-dealkylation sites (N-methyl/N-ethyl adjacent to an activating group) is 2. The fourth-order valence-corrected chi connectivity index (χ4v) is 17.7. The summed E-state index contributed by atoms with van der Waals surface area (Å²) in [5.41, 5.74) is 21.0. The molecule has 4 fully saturated rings. The number of fused-ring (bicyclic) bond motifs is 5. The summed E-state index contributed by atoms with van der Waals surface area (Å²) in [6.45, 7) is 9.37. The molecule has 9 rings (SSSR count). The summed E-state index contributed by atoms with van der Waals surface area (Å²) in [4.78, 5) is 245. The van der Waals surface area contributed by atoms with Gasteiger partial charge in [-0.25, -0.2) is 0 Å². The largest absolute Gasteiger partial charge is 0.497 e. The minimum absolute atomic E-state index is 0.0380. The van der Waals surface area contributed by atoms with E-state index in [2.05, 4.69) is 52.8 Å². The number of nitrogens with one attached hydrogen (secondary N) is 10. The number of nitrogens with zero attached hydrogens (tertiary/aromatic N) is 6. The lowest BCUT2D eigenvalue weighted by Gasteiger charge is -2.38. The van der Waals surface area contributed by atoms with Crippen LogP contribution in [0, 0.1) is 11.8 Å². The van der Waals surface area contributed by atoms with Crippen molar-refractivity contribution in [3.05, 3.63) is 102 Å². The average Bonchev–Trinajstić information content (AvgIpc) is 1.65. The number of rotatable bonds is 24. The number of methoxy groups -OCH3 is 1. The third kappa shape index (κ3) is 27.3. The van der Waals surface area contributed by atoms with Crippen LogP contribution in [0.5, 0.6) is 5.75 Å². The van der Waals surface area contributed by atoms with Crippen molar-refractivity contribution < 1.29 is 91.7 Å². The molecular weight excluding hydrogens is 1680 g/mol. The molecule has 38 heteroatoms. The smallest absolute Gasteiger partial charge is 0.323 e. The van der Waals surface area contributed by atoms with Crippen molar-refractivity contribution in [3.8, 4) is 5.75 Å². The SMILES string of the molecule is CCCC[C@H]1C(=O)N(C)[C@@H](CCCC)C(=O)N[C@@H](CC(C)C)C(=O)NCCCCC(=O)N[C@@H](Cc2ccc(OC)cc2)C(=O)N2CCCC[C@H]2C(=O)N[C@@H](CC(N)=O)C(=O)N2CCC[C@H]2C(=O)N[C@@H](CN)C(=O)N[C@@H](CC(C)C)C(=O)N2C[C@H](O)C[C@H]2C(=O)N[C@@H](Cc2c[nH]c3ccccc23)C(=O)N[C@@H](CCN)C(=O)N[C@@H](Cc2cn(CC(=O)O)c3ccccc23)C(=O)N1C. The highest BCUT2D eigenvalue weighted by atomic mass is 16.5. The number of ether oxygens (including phenoxy) is 1. The molecule has 6 heterocycles. The van der Waals surface area contributed by atoms with Gasteiger partial charge in [0.15, 0.2) is 0 Å². The van der Waals surface area contributed by atoms with Gasteiger partial charge in [-0.05, 0) is 136 Å². The number of nitrogens with two attached hydrogens (primary N) is 3. The third-order valence-corrected chi connectivity index (χ3v) is 24.6. The van der Waals surface area contributed by atoms with E-state index in [1.807, 2.05) is 27.7 Å². The average molecular weight is 1810 g/mol. The van der Waals surface area contributed by atoms with E-state index in [9.17, 15) is 48.6 Å². The Morgan fingerprint density at radius 3 is 1.70 bits per heavy atom. The number of carboxylic acids is 1. The summed E-state index contributed by atoms with van der Waals surface area (Å²) in [6, 6.07) is 2.37. The summed E-state index contributed by atoms with van der Waals surface area (Å²) in [7, 11) is 4.33. The number of aromatic amines is 1. The molecule has 5 aromatic rings. The number of primary amides is 1. The van der Waals surface area contributed by atoms with E-state index >= 15 is 38.4 Å². The molecule has 2 aromatic heterocycles. The minimum atomic E-state index is -1.67. The van der Waals surface area contributed by atoms with Crippen LogP contribution in [0.4, 0.5) is 0 Å². The molecule has 15 amide bonds. The van der Waals surface area contributed by atoms with Gasteiger partial charge in [0.25, 0.3) is 0 Å². The van der Waals surface area contributed by atoms with Gasteiger partial charge in [0.1, 0.15) is 90.8 Å². The summed E-state index contributed by atoms with van der Waals surface area (Å²) in [6.07, 6.45) is 3.73. The molecule has 0 bridgehead atoms. The third-order valence-electron chi connectivity index (χ3n) is 24.6. The first kappa shape index (κ1) is 102. The van der Waals surface area contributed by atoms with E-state index in [-0.39, 0.29) is 134 Å². The van der Waals surface area contributed by atoms with Crippen molar-refractivity contribution in [2.24, 2.45) is 29.0 Å². The lowest BCUT2D eigenvalue weighted by molar-refractivity contribution is -0.149. The van der Waals surface area contributed by atoms with Crippen LogP contribution in [-0.4, -0.2) is 284 Å². The molecule has 18 N–H and O–H groups in total. The van der Waals surface area contributed by atoms with E-state index in [1.165, 1.54) is 40.5 Å². The maximum atomic E-state index is 15.9. The second kappa shape index (κ2) is 48.5. The fourth-order valence-electron chi connectivity index (χ4n) is 17.7. The van der Waals surface area contributed by atoms with Crippen molar-refractivity contribution in [3.63, 3.8) is 0 Å². The van der Waals surface area contributed by atoms with Crippen LogP contribution in [0.25, 0.3) is 21.8 Å². The summed E-state index contributed by atoms with van der Waals surface area (Å²) < 4.78 is 6.86. The number of carboxylic acid groups (broad SMARTS) is 1. The first-order chi connectivity index (χ1) is 62.1. The number of benzene rings is 3. The Morgan fingerprint density at radius 1 is 0.515 bits per heavy atom. The number of carbonyl (C=O) groups is 16. The van der Waals surface area contributed by atoms with Gasteiger partial charge < -0.3 is 114 Å². The maximum Gasteiger partial charge on any atom is 0.323 e. The number of aromatic nitrogens is 2. The van der Waals surface area contributed by atoms with Gasteiger partial charge >= 0.3 is 5.97 Å². The first-order valence-electron chi connectivity index (χ1n) is 45.6. The van der Waals surface area contributed by atoms with Gasteiger partial charge in [0.2, 0.25) is 88.6 Å². The fraction of sp³-hybridized carbons (Fsp3) is 0.587. The van der Waals surface area contributed by atoms with Crippen LogP contribution in [0.15, 0.2) is 85.2 Å². The van der Waals surface area contributed by atoms with Crippen LogP contribution >= 0.6 is 0 Å². The van der Waals surface area contributed by atoms with Gasteiger partial charge in [-0.2, -0.15) is 0 Å². The predicted octanol–water partition coefficient (Wildman–Crippen LogP) is 1.07. The molecule has 4 aliphatic rings. The topological polar surface area (TPSA) is 546 Å².